The molecule has 0 aromatic carbocycles. The van der Waals surface area contributed by atoms with Gasteiger partial charge in [-0.3, -0.25) is 4.98 Å². The molecule has 0 saturated carbocycles. The summed E-state index contributed by atoms with van der Waals surface area (Å²) >= 11 is 3.32. The van der Waals surface area contributed by atoms with Gasteiger partial charge in [-0.2, -0.15) is 0 Å². The van der Waals surface area contributed by atoms with Crippen LogP contribution in [0.15, 0.2) is 24.3 Å². The van der Waals surface area contributed by atoms with Crippen molar-refractivity contribution in [3.8, 4) is 0 Å². The highest BCUT2D eigenvalue weighted by Gasteiger charge is 2.15. The van der Waals surface area contributed by atoms with Gasteiger partial charge in [0, 0.05) is 6.17 Å². The Balaban J connectivity index is 3.49. The molecular formula is C8H10BrN. The fourth-order valence-electron chi connectivity index (χ4n) is 0.512. The molecule has 2 heteroatoms. The summed E-state index contributed by atoms with van der Waals surface area (Å²) in [5.74, 6) is 0. The van der Waals surface area contributed by atoms with Gasteiger partial charge < -0.3 is 0 Å². The fraction of sp³-hybridized carbons (Fsp3) is 0.375. The minimum atomic E-state index is -0.552. The van der Waals surface area contributed by atoms with Gasteiger partial charge in [0.2, 0.25) is 0 Å². The minimum absolute atomic E-state index is 0.0899. The molecule has 0 aliphatic carbocycles. The Morgan fingerprint density at radius 3 is 2.90 bits per heavy atom. The highest BCUT2D eigenvalue weighted by atomic mass is 79.9. The summed E-state index contributed by atoms with van der Waals surface area (Å²) in [6, 6.07) is -0.629. The van der Waals surface area contributed by atoms with Crippen molar-refractivity contribution in [1.29, 1.82) is 0 Å². The van der Waals surface area contributed by atoms with Crippen LogP contribution in [0.5, 0.6) is 0 Å². The van der Waals surface area contributed by atoms with Crippen LogP contribution in [0.4, 0.5) is 0 Å². The van der Waals surface area contributed by atoms with Gasteiger partial charge in [0.05, 0.1) is 15.5 Å². The van der Waals surface area contributed by atoms with E-state index >= 15 is 0 Å². The van der Waals surface area contributed by atoms with Crippen LogP contribution >= 0.6 is 15.9 Å². The smallest absolute Gasteiger partial charge is 0.0840 e. The first-order chi connectivity index (χ1) is 6.25. The van der Waals surface area contributed by atoms with Crippen LogP contribution in [0.2, 0.25) is 0 Å². The summed E-state index contributed by atoms with van der Waals surface area (Å²) < 4.78 is 29.2. The van der Waals surface area contributed by atoms with Crippen molar-refractivity contribution in [3.63, 3.8) is 0 Å². The molecule has 0 N–H and O–H groups in total. The van der Waals surface area contributed by atoms with E-state index in [9.17, 15) is 0 Å². The molecule has 0 spiro atoms. The van der Waals surface area contributed by atoms with E-state index < -0.39 is 4.32 Å². The molecule has 0 bridgehead atoms. The lowest BCUT2D eigenvalue weighted by atomic mass is 10.1. The zero-order valence-corrected chi connectivity index (χ0v) is 7.41. The molecular weight excluding hydrogens is 190 g/mol. The molecule has 0 amide bonds. The first kappa shape index (κ1) is 3.86. The molecule has 1 nitrogen and oxygen atoms in total. The van der Waals surface area contributed by atoms with Crippen molar-refractivity contribution in [2.24, 2.45) is 0 Å². The van der Waals surface area contributed by atoms with Gasteiger partial charge in [0.1, 0.15) is 0 Å². The molecule has 0 radical (unpaired) electrons. The van der Waals surface area contributed by atoms with Crippen molar-refractivity contribution < 1.29 is 5.48 Å². The number of halogens is 1. The van der Waals surface area contributed by atoms with E-state index in [1.807, 2.05) is 0 Å². The van der Waals surface area contributed by atoms with Crippen molar-refractivity contribution in [2.75, 3.05) is 0 Å². The zero-order chi connectivity index (χ0) is 11.1. The second-order valence-corrected chi connectivity index (χ2v) is 4.40. The van der Waals surface area contributed by atoms with Crippen molar-refractivity contribution in [2.45, 2.75) is 18.2 Å². The molecule has 10 heavy (non-hydrogen) atoms. The van der Waals surface area contributed by atoms with Crippen LogP contribution in [0.1, 0.15) is 25.0 Å². The lowest BCUT2D eigenvalue weighted by Gasteiger charge is -2.13. The number of rotatable bonds is 1. The minimum Gasteiger partial charge on any atom is -0.260 e. The number of hydrogen-bond acceptors (Lipinski definition) is 1. The molecule has 0 aliphatic rings. The van der Waals surface area contributed by atoms with Crippen LogP contribution in [0, 0.1) is 0 Å². The highest BCUT2D eigenvalue weighted by Crippen LogP contribution is 2.27. The lowest BCUT2D eigenvalue weighted by Crippen LogP contribution is -2.08. The summed E-state index contributed by atoms with van der Waals surface area (Å²) in [7, 11) is 0. The molecule has 0 unspecified atom stereocenters. The van der Waals surface area contributed by atoms with Crippen LogP contribution < -0.4 is 0 Å². The Kier molecular flexibility index (Phi) is 1.04. The topological polar surface area (TPSA) is 12.9 Å². The Bertz CT molecular complexity index is 373. The molecule has 0 fully saturated rings. The molecule has 1 aromatic rings. The van der Waals surface area contributed by atoms with Crippen LogP contribution in [0.3, 0.4) is 0 Å². The third kappa shape index (κ3) is 1.81. The first-order valence-electron chi connectivity index (χ1n) is 4.89. The third-order valence-corrected chi connectivity index (χ3v) is 1.41. The highest BCUT2D eigenvalue weighted by molar-refractivity contribution is 9.09. The van der Waals surface area contributed by atoms with Crippen LogP contribution in [-0.2, 0) is 4.32 Å². The molecule has 1 heterocycles. The van der Waals surface area contributed by atoms with Gasteiger partial charge in [0.15, 0.2) is 0 Å². The molecule has 0 aliphatic heterocycles. The maximum Gasteiger partial charge on any atom is 0.0840 e. The van der Waals surface area contributed by atoms with Gasteiger partial charge in [-0.25, -0.2) is 0 Å². The normalized spacial score (nSPS) is 17.1. The summed E-state index contributed by atoms with van der Waals surface area (Å²) in [6.45, 7) is 3.58. The summed E-state index contributed by atoms with van der Waals surface area (Å²) in [5.41, 5.74) is 0.323. The molecule has 54 valence electrons. The summed E-state index contributed by atoms with van der Waals surface area (Å²) in [4.78, 5) is 3.83. The lowest BCUT2D eigenvalue weighted by molar-refractivity contribution is 0.766. The second kappa shape index (κ2) is 2.70. The summed E-state index contributed by atoms with van der Waals surface area (Å²) in [6.07, 6.45) is -0.256. The number of hydrogen-bond donors (Lipinski definition) is 0. The van der Waals surface area contributed by atoms with Crippen molar-refractivity contribution >= 4 is 15.9 Å². The van der Waals surface area contributed by atoms with Gasteiger partial charge in [0.25, 0.3) is 0 Å². The fourth-order valence-corrected chi connectivity index (χ4v) is 0.700. The van der Waals surface area contributed by atoms with E-state index in [0.717, 1.165) is 0 Å². The van der Waals surface area contributed by atoms with Gasteiger partial charge in [-0.05, 0) is 25.9 Å². The van der Waals surface area contributed by atoms with E-state index in [1.165, 1.54) is 0 Å². The Morgan fingerprint density at radius 1 is 1.60 bits per heavy atom. The zero-order valence-electron chi connectivity index (χ0n) is 9.83. The number of aromatic nitrogens is 1. The third-order valence-electron chi connectivity index (χ3n) is 1.03. The van der Waals surface area contributed by atoms with E-state index in [4.69, 9.17) is 5.48 Å². The maximum absolute atomic E-state index is 7.61. The second-order valence-electron chi connectivity index (χ2n) is 2.42. The molecule has 1 aromatic heterocycles. The van der Waals surface area contributed by atoms with E-state index in [0.29, 0.717) is 5.69 Å². The maximum atomic E-state index is 7.61. The predicted molar refractivity (Wildman–Crippen MR) is 46.2 cm³/mol. The van der Waals surface area contributed by atoms with Crippen molar-refractivity contribution in [1.82, 2.24) is 4.98 Å². The number of alkyl halides is 1. The van der Waals surface area contributed by atoms with E-state index in [-0.39, 0.29) is 24.3 Å². The number of pyridine rings is 1. The van der Waals surface area contributed by atoms with Crippen LogP contribution in [-0.4, -0.2) is 4.98 Å². The summed E-state index contributed by atoms with van der Waals surface area (Å²) in [5, 5.41) is 0. The average Bonchev–Trinajstić information content (AvgIpc) is 2.06. The van der Waals surface area contributed by atoms with Crippen molar-refractivity contribution in [3.05, 3.63) is 30.0 Å². The van der Waals surface area contributed by atoms with Gasteiger partial charge >= 0.3 is 0 Å². The van der Waals surface area contributed by atoms with E-state index in [2.05, 4.69) is 20.9 Å². The average molecular weight is 204 g/mol. The SMILES string of the molecule is [2H]c1nc(C(C)(C)Br)c([2H])c([2H])c1[2H]. The van der Waals surface area contributed by atoms with Gasteiger partial charge in [-0.15, -0.1) is 0 Å². The molecule has 0 saturated heterocycles. The Labute approximate surface area is 75.2 Å². The standard InChI is InChI=1S/C8H10BrN/c1-8(2,9)7-5-3-4-6-10-7/h3-6H,1-2H3/i3D,4D,5D,6D. The first-order valence-corrected chi connectivity index (χ1v) is 3.68. The Morgan fingerprint density at radius 2 is 2.30 bits per heavy atom. The molecule has 1 rings (SSSR count). The van der Waals surface area contributed by atoms with Crippen LogP contribution in [0.25, 0.3) is 0 Å². The van der Waals surface area contributed by atoms with E-state index in [1.54, 1.807) is 13.8 Å². The predicted octanol–water partition coefficient (Wildman–Crippen LogP) is 2.71. The quantitative estimate of drug-likeness (QED) is 0.641. The monoisotopic (exact) mass is 203 g/mol. The van der Waals surface area contributed by atoms with Gasteiger partial charge in [-0.1, -0.05) is 22.0 Å². The molecule has 0 atom stereocenters. The number of nitrogens with zero attached hydrogens (tertiary/aromatic N) is 1. The Hall–Kier alpha value is -0.370. The largest absolute Gasteiger partial charge is 0.260 e.